The zero-order chi connectivity index (χ0) is 19.7. The van der Waals surface area contributed by atoms with E-state index in [2.05, 4.69) is 20.6 Å². The van der Waals surface area contributed by atoms with Crippen molar-refractivity contribution in [2.45, 2.75) is 0 Å². The van der Waals surface area contributed by atoms with Crippen molar-refractivity contribution in [1.82, 2.24) is 25.2 Å². The largest absolute Gasteiger partial charge is 0.503 e. The second-order valence-electron chi connectivity index (χ2n) is 6.08. The van der Waals surface area contributed by atoms with Crippen LogP contribution < -0.4 is 10.3 Å². The molecule has 0 atom stereocenters. The number of tetrazole rings is 1. The Bertz CT molecular complexity index is 1150. The van der Waals surface area contributed by atoms with Crippen molar-refractivity contribution in [3.63, 3.8) is 0 Å². The number of aromatic hydroxyl groups is 1. The summed E-state index contributed by atoms with van der Waals surface area (Å²) in [6.07, 6.45) is 1.40. The van der Waals surface area contributed by atoms with Gasteiger partial charge in [0.1, 0.15) is 5.82 Å². The Morgan fingerprint density at radius 2 is 1.82 bits per heavy atom. The maximum absolute atomic E-state index is 12.1. The molecule has 0 spiro atoms. The van der Waals surface area contributed by atoms with E-state index in [1.165, 1.54) is 12.3 Å². The summed E-state index contributed by atoms with van der Waals surface area (Å²) >= 11 is 5.97. The molecule has 0 unspecified atom stereocenters. The second-order valence-corrected chi connectivity index (χ2v) is 6.52. The third-order valence-corrected chi connectivity index (χ3v) is 4.58. The van der Waals surface area contributed by atoms with Gasteiger partial charge >= 0.3 is 0 Å². The number of halogens is 1. The van der Waals surface area contributed by atoms with Gasteiger partial charge in [0.15, 0.2) is 11.6 Å². The van der Waals surface area contributed by atoms with Gasteiger partial charge in [-0.25, -0.2) is 5.10 Å². The minimum Gasteiger partial charge on any atom is -0.503 e. The van der Waals surface area contributed by atoms with E-state index in [4.69, 9.17) is 11.6 Å². The standard InChI is InChI=1S/C19H15ClN6O2/c1-25(14-8-4-13(20)5-9-14)18-10-16(27)17(28)11-26(18)15-6-2-12(3-7-15)19-21-23-24-22-19/h2-11,28H,1H3,(H,21,22,23,24). The summed E-state index contributed by atoms with van der Waals surface area (Å²) in [6.45, 7) is 0. The molecule has 140 valence electrons. The SMILES string of the molecule is CN(c1ccc(Cl)cc1)c1cc(=O)c(O)cn1-c1ccc(-c2nnn[nH]2)cc1. The monoisotopic (exact) mass is 394 g/mol. The number of hydrogen-bond donors (Lipinski definition) is 2. The van der Waals surface area contributed by atoms with Gasteiger partial charge in [-0.05, 0) is 59.0 Å². The van der Waals surface area contributed by atoms with Gasteiger partial charge in [-0.3, -0.25) is 9.36 Å². The van der Waals surface area contributed by atoms with Gasteiger partial charge in [0.25, 0.3) is 0 Å². The third kappa shape index (κ3) is 3.33. The Morgan fingerprint density at radius 3 is 2.46 bits per heavy atom. The molecule has 4 rings (SSSR count). The number of benzene rings is 2. The van der Waals surface area contributed by atoms with Gasteiger partial charge < -0.3 is 10.0 Å². The zero-order valence-corrected chi connectivity index (χ0v) is 15.5. The molecule has 0 aliphatic heterocycles. The quantitative estimate of drug-likeness (QED) is 0.551. The van der Waals surface area contributed by atoms with Crippen LogP contribution in [0.4, 0.5) is 11.5 Å². The predicted octanol–water partition coefficient (Wildman–Crippen LogP) is 3.14. The van der Waals surface area contributed by atoms with Crippen molar-refractivity contribution in [1.29, 1.82) is 0 Å². The zero-order valence-electron chi connectivity index (χ0n) is 14.7. The number of aromatic amines is 1. The number of H-pyrrole nitrogens is 1. The molecule has 0 fully saturated rings. The summed E-state index contributed by atoms with van der Waals surface area (Å²) < 4.78 is 1.73. The summed E-state index contributed by atoms with van der Waals surface area (Å²) in [5.74, 6) is 0.795. The van der Waals surface area contributed by atoms with Crippen LogP contribution in [0.1, 0.15) is 0 Å². The minimum absolute atomic E-state index is 0.336. The number of nitrogens with zero attached hydrogens (tertiary/aromatic N) is 5. The lowest BCUT2D eigenvalue weighted by Gasteiger charge is -2.24. The van der Waals surface area contributed by atoms with Crippen LogP contribution in [0.15, 0.2) is 65.6 Å². The smallest absolute Gasteiger partial charge is 0.225 e. The lowest BCUT2D eigenvalue weighted by atomic mass is 10.2. The van der Waals surface area contributed by atoms with E-state index in [9.17, 15) is 9.90 Å². The highest BCUT2D eigenvalue weighted by Crippen LogP contribution is 2.28. The third-order valence-electron chi connectivity index (χ3n) is 4.33. The molecule has 28 heavy (non-hydrogen) atoms. The van der Waals surface area contributed by atoms with Crippen molar-refractivity contribution in [3.05, 3.63) is 76.0 Å². The van der Waals surface area contributed by atoms with Gasteiger partial charge in [0.2, 0.25) is 5.43 Å². The van der Waals surface area contributed by atoms with E-state index in [1.807, 2.05) is 48.3 Å². The van der Waals surface area contributed by atoms with Gasteiger partial charge in [-0.1, -0.05) is 11.6 Å². The summed E-state index contributed by atoms with van der Waals surface area (Å²) in [6, 6.07) is 16.0. The maximum atomic E-state index is 12.1. The van der Waals surface area contributed by atoms with Gasteiger partial charge in [0, 0.05) is 35.1 Å². The molecule has 9 heteroatoms. The summed E-state index contributed by atoms with van der Waals surface area (Å²) in [5, 5.41) is 24.3. The maximum Gasteiger partial charge on any atom is 0.225 e. The average Bonchev–Trinajstić information content (AvgIpc) is 3.25. The second kappa shape index (κ2) is 7.16. The molecule has 2 heterocycles. The first-order chi connectivity index (χ1) is 13.5. The number of hydrogen-bond acceptors (Lipinski definition) is 6. The fraction of sp³-hybridized carbons (Fsp3) is 0.0526. The van der Waals surface area contributed by atoms with Crippen LogP contribution in [0.3, 0.4) is 0 Å². The number of nitrogens with one attached hydrogen (secondary N) is 1. The molecular formula is C19H15ClN6O2. The molecular weight excluding hydrogens is 380 g/mol. The van der Waals surface area contributed by atoms with Crippen LogP contribution in [0.5, 0.6) is 5.75 Å². The Balaban J connectivity index is 1.79. The van der Waals surface area contributed by atoms with Gasteiger partial charge in [-0.15, -0.1) is 5.10 Å². The minimum atomic E-state index is -0.462. The van der Waals surface area contributed by atoms with Gasteiger partial charge in [-0.2, -0.15) is 0 Å². The van der Waals surface area contributed by atoms with Crippen LogP contribution >= 0.6 is 11.6 Å². The van der Waals surface area contributed by atoms with E-state index in [0.717, 1.165) is 16.9 Å². The van der Waals surface area contributed by atoms with Crippen LogP contribution in [-0.2, 0) is 0 Å². The highest BCUT2D eigenvalue weighted by atomic mass is 35.5. The van der Waals surface area contributed by atoms with E-state index in [-0.39, 0.29) is 5.75 Å². The average molecular weight is 395 g/mol. The molecule has 0 saturated carbocycles. The van der Waals surface area contributed by atoms with Crippen LogP contribution in [0.2, 0.25) is 5.02 Å². The van der Waals surface area contributed by atoms with Gasteiger partial charge in [0.05, 0.1) is 6.20 Å². The fourth-order valence-corrected chi connectivity index (χ4v) is 2.96. The first-order valence-corrected chi connectivity index (χ1v) is 8.70. The van der Waals surface area contributed by atoms with E-state index in [1.54, 1.807) is 16.7 Å². The fourth-order valence-electron chi connectivity index (χ4n) is 2.84. The molecule has 0 aliphatic rings. The number of aromatic nitrogens is 5. The summed E-state index contributed by atoms with van der Waals surface area (Å²) in [7, 11) is 1.83. The molecule has 8 nitrogen and oxygen atoms in total. The molecule has 0 aliphatic carbocycles. The number of rotatable bonds is 4. The van der Waals surface area contributed by atoms with Crippen LogP contribution in [0.25, 0.3) is 17.1 Å². The first-order valence-electron chi connectivity index (χ1n) is 8.32. The van der Waals surface area contributed by atoms with Crippen LogP contribution in [-0.4, -0.2) is 37.3 Å². The Hall–Kier alpha value is -3.65. The number of anilines is 2. The summed E-state index contributed by atoms with van der Waals surface area (Å²) in [5.41, 5.74) is 1.94. The molecule has 4 aromatic rings. The van der Waals surface area contributed by atoms with Crippen molar-refractivity contribution in [2.75, 3.05) is 11.9 Å². The molecule has 2 aromatic heterocycles. The summed E-state index contributed by atoms with van der Waals surface area (Å²) in [4.78, 5) is 13.9. The first kappa shape index (κ1) is 17.7. The Labute approximate surface area is 164 Å². The Morgan fingerprint density at radius 1 is 1.11 bits per heavy atom. The molecule has 0 bridgehead atoms. The highest BCUT2D eigenvalue weighted by molar-refractivity contribution is 6.30. The normalized spacial score (nSPS) is 10.8. The van der Waals surface area contributed by atoms with Crippen molar-refractivity contribution in [2.24, 2.45) is 0 Å². The van der Waals surface area contributed by atoms with Crippen molar-refractivity contribution < 1.29 is 5.11 Å². The van der Waals surface area contributed by atoms with E-state index >= 15 is 0 Å². The lowest BCUT2D eigenvalue weighted by Crippen LogP contribution is -2.18. The van der Waals surface area contributed by atoms with E-state index in [0.29, 0.717) is 16.7 Å². The lowest BCUT2D eigenvalue weighted by molar-refractivity contribution is 0.465. The molecule has 0 saturated heterocycles. The number of pyridine rings is 1. The van der Waals surface area contributed by atoms with Crippen molar-refractivity contribution >= 4 is 23.1 Å². The molecule has 0 radical (unpaired) electrons. The molecule has 2 aromatic carbocycles. The predicted molar refractivity (Wildman–Crippen MR) is 106 cm³/mol. The van der Waals surface area contributed by atoms with E-state index < -0.39 is 5.43 Å². The van der Waals surface area contributed by atoms with Crippen molar-refractivity contribution in [3.8, 4) is 22.8 Å². The topological polar surface area (TPSA) is 99.9 Å². The Kier molecular flexibility index (Phi) is 4.54. The van der Waals surface area contributed by atoms with Crippen LogP contribution in [0, 0.1) is 0 Å². The highest BCUT2D eigenvalue weighted by Gasteiger charge is 2.14. The molecule has 2 N–H and O–H groups in total. The molecule has 0 amide bonds.